The van der Waals surface area contributed by atoms with Gasteiger partial charge in [-0.3, -0.25) is 4.68 Å². The normalized spacial score (nSPS) is 12.7. The first-order chi connectivity index (χ1) is 9.51. The molecule has 1 aromatic heterocycles. The number of methoxy groups -OCH3 is 1. The van der Waals surface area contributed by atoms with E-state index in [9.17, 15) is 0 Å². The molecule has 0 radical (unpaired) electrons. The van der Waals surface area contributed by atoms with Crippen LogP contribution in [0.5, 0.6) is 5.75 Å². The zero-order valence-corrected chi connectivity index (χ0v) is 12.6. The van der Waals surface area contributed by atoms with Gasteiger partial charge in [0, 0.05) is 30.3 Å². The van der Waals surface area contributed by atoms with E-state index in [1.54, 1.807) is 7.11 Å². The van der Waals surface area contributed by atoms with Crippen molar-refractivity contribution in [1.82, 2.24) is 9.78 Å². The number of nitrogens with zero attached hydrogens (tertiary/aromatic N) is 2. The van der Waals surface area contributed by atoms with E-state index in [0.29, 0.717) is 12.5 Å². The largest absolute Gasteiger partial charge is 0.496 e. The summed E-state index contributed by atoms with van der Waals surface area (Å²) in [5.41, 5.74) is 9.56. The van der Waals surface area contributed by atoms with E-state index in [2.05, 4.69) is 31.9 Å². The molecule has 1 unspecified atom stereocenters. The van der Waals surface area contributed by atoms with Crippen LogP contribution in [0.4, 0.5) is 0 Å². The average Bonchev–Trinajstić information content (AvgIpc) is 2.87. The summed E-state index contributed by atoms with van der Waals surface area (Å²) in [5.74, 6) is 0.839. The van der Waals surface area contributed by atoms with Crippen molar-refractivity contribution in [2.24, 2.45) is 5.73 Å². The minimum Gasteiger partial charge on any atom is -0.496 e. The molecule has 108 valence electrons. The summed E-state index contributed by atoms with van der Waals surface area (Å²) >= 11 is 0. The Morgan fingerprint density at radius 2 is 2.05 bits per heavy atom. The molecule has 0 bridgehead atoms. The van der Waals surface area contributed by atoms with Crippen LogP contribution in [0.2, 0.25) is 0 Å². The number of rotatable bonds is 5. The predicted octanol–water partition coefficient (Wildman–Crippen LogP) is 3.02. The Morgan fingerprint density at radius 1 is 1.30 bits per heavy atom. The summed E-state index contributed by atoms with van der Waals surface area (Å²) in [6, 6.07) is 8.37. The Morgan fingerprint density at radius 3 is 2.65 bits per heavy atom. The van der Waals surface area contributed by atoms with Gasteiger partial charge in [0.25, 0.3) is 0 Å². The van der Waals surface area contributed by atoms with Gasteiger partial charge in [-0.15, -0.1) is 0 Å². The highest BCUT2D eigenvalue weighted by Gasteiger charge is 2.14. The first-order valence-electron chi connectivity index (χ1n) is 6.95. The van der Waals surface area contributed by atoms with Crippen LogP contribution in [0.15, 0.2) is 30.5 Å². The molecule has 0 aliphatic carbocycles. The van der Waals surface area contributed by atoms with E-state index in [1.807, 2.05) is 29.1 Å². The van der Waals surface area contributed by atoms with Crippen molar-refractivity contribution in [2.45, 2.75) is 39.3 Å². The monoisotopic (exact) mass is 273 g/mol. The van der Waals surface area contributed by atoms with Crippen molar-refractivity contribution < 1.29 is 4.74 Å². The second-order valence-corrected chi connectivity index (χ2v) is 5.44. The maximum absolute atomic E-state index is 6.33. The Hall–Kier alpha value is -1.81. The molecule has 4 nitrogen and oxygen atoms in total. The first-order valence-corrected chi connectivity index (χ1v) is 6.95. The molecule has 1 heterocycles. The maximum Gasteiger partial charge on any atom is 0.123 e. The Labute approximate surface area is 120 Å². The molecule has 0 spiro atoms. The number of aromatic nitrogens is 2. The van der Waals surface area contributed by atoms with Gasteiger partial charge in [-0.1, -0.05) is 17.7 Å². The van der Waals surface area contributed by atoms with E-state index in [-0.39, 0.29) is 6.04 Å². The van der Waals surface area contributed by atoms with Crippen molar-refractivity contribution >= 4 is 0 Å². The van der Waals surface area contributed by atoms with Gasteiger partial charge in [0.15, 0.2) is 0 Å². The highest BCUT2D eigenvalue weighted by molar-refractivity contribution is 5.39. The molecule has 20 heavy (non-hydrogen) atoms. The molecule has 2 N–H and O–H groups in total. The quantitative estimate of drug-likeness (QED) is 0.911. The second kappa shape index (κ2) is 6.09. The van der Waals surface area contributed by atoms with Crippen molar-refractivity contribution in [3.8, 4) is 5.75 Å². The topological polar surface area (TPSA) is 53.1 Å². The third-order valence-corrected chi connectivity index (χ3v) is 3.41. The van der Waals surface area contributed by atoms with Gasteiger partial charge in [-0.05, 0) is 32.9 Å². The fourth-order valence-electron chi connectivity index (χ4n) is 2.25. The summed E-state index contributed by atoms with van der Waals surface area (Å²) in [6.45, 7) is 6.28. The predicted molar refractivity (Wildman–Crippen MR) is 81.0 cm³/mol. The fraction of sp³-hybridized carbons (Fsp3) is 0.438. The molecular formula is C16H23N3O. The second-order valence-electron chi connectivity index (χ2n) is 5.44. The fourth-order valence-corrected chi connectivity index (χ4v) is 2.25. The van der Waals surface area contributed by atoms with E-state index >= 15 is 0 Å². The van der Waals surface area contributed by atoms with Gasteiger partial charge >= 0.3 is 0 Å². The van der Waals surface area contributed by atoms with Crippen LogP contribution < -0.4 is 10.5 Å². The third-order valence-electron chi connectivity index (χ3n) is 3.41. The molecule has 1 aromatic carbocycles. The molecular weight excluding hydrogens is 250 g/mol. The van der Waals surface area contributed by atoms with Crippen molar-refractivity contribution in [3.63, 3.8) is 0 Å². The van der Waals surface area contributed by atoms with Crippen molar-refractivity contribution in [3.05, 3.63) is 47.3 Å². The average molecular weight is 273 g/mol. The lowest BCUT2D eigenvalue weighted by atomic mass is 10.00. The number of benzene rings is 1. The molecule has 2 aromatic rings. The van der Waals surface area contributed by atoms with Crippen LogP contribution in [0.3, 0.4) is 0 Å². The lowest BCUT2D eigenvalue weighted by Crippen LogP contribution is -2.15. The Balaban J connectivity index is 2.18. The van der Waals surface area contributed by atoms with Gasteiger partial charge in [0.1, 0.15) is 5.75 Å². The summed E-state index contributed by atoms with van der Waals surface area (Å²) in [4.78, 5) is 0. The van der Waals surface area contributed by atoms with Gasteiger partial charge in [0.2, 0.25) is 0 Å². The molecule has 4 heteroatoms. The molecule has 0 fully saturated rings. The minimum atomic E-state index is -0.111. The molecule has 0 amide bonds. The van der Waals surface area contributed by atoms with Crippen LogP contribution in [0.25, 0.3) is 0 Å². The third kappa shape index (κ3) is 3.20. The highest BCUT2D eigenvalue weighted by Crippen LogP contribution is 2.27. The number of hydrogen-bond acceptors (Lipinski definition) is 3. The zero-order chi connectivity index (χ0) is 14.7. The van der Waals surface area contributed by atoms with E-state index in [1.165, 1.54) is 5.56 Å². The summed E-state index contributed by atoms with van der Waals surface area (Å²) in [5, 5.41) is 4.55. The molecule has 0 saturated carbocycles. The van der Waals surface area contributed by atoms with E-state index < -0.39 is 0 Å². The van der Waals surface area contributed by atoms with Gasteiger partial charge < -0.3 is 10.5 Å². The lowest BCUT2D eigenvalue weighted by Gasteiger charge is -2.15. The summed E-state index contributed by atoms with van der Waals surface area (Å²) in [7, 11) is 1.67. The first kappa shape index (κ1) is 14.6. The number of ether oxygens (including phenoxy) is 1. The lowest BCUT2D eigenvalue weighted by molar-refractivity contribution is 0.405. The van der Waals surface area contributed by atoms with Gasteiger partial charge in [0.05, 0.1) is 12.8 Å². The van der Waals surface area contributed by atoms with Gasteiger partial charge in [-0.25, -0.2) is 0 Å². The molecule has 1 atom stereocenters. The standard InChI is InChI=1S/C16H23N3O/c1-11(2)19-8-7-13(18-19)10-15(17)14-9-12(3)5-6-16(14)20-4/h5-9,11,15H,10,17H2,1-4H3. The van der Waals surface area contributed by atoms with E-state index in [0.717, 1.165) is 17.0 Å². The SMILES string of the molecule is COc1ccc(C)cc1C(N)Cc1ccn(C(C)C)n1. The van der Waals surface area contributed by atoms with Gasteiger partial charge in [-0.2, -0.15) is 5.10 Å². The number of nitrogens with two attached hydrogens (primary N) is 1. The van der Waals surface area contributed by atoms with Crippen LogP contribution >= 0.6 is 0 Å². The Bertz CT molecular complexity index is 575. The zero-order valence-electron chi connectivity index (χ0n) is 12.6. The summed E-state index contributed by atoms with van der Waals surface area (Å²) in [6.07, 6.45) is 2.71. The van der Waals surface area contributed by atoms with Crippen LogP contribution in [-0.4, -0.2) is 16.9 Å². The molecule has 0 aliphatic heterocycles. The maximum atomic E-state index is 6.33. The highest BCUT2D eigenvalue weighted by atomic mass is 16.5. The molecule has 0 aliphatic rings. The number of aryl methyl sites for hydroxylation is 1. The van der Waals surface area contributed by atoms with Crippen molar-refractivity contribution in [1.29, 1.82) is 0 Å². The number of hydrogen-bond donors (Lipinski definition) is 1. The minimum absolute atomic E-state index is 0.111. The van der Waals surface area contributed by atoms with Crippen LogP contribution in [0.1, 0.15) is 42.8 Å². The van der Waals surface area contributed by atoms with E-state index in [4.69, 9.17) is 10.5 Å². The Kier molecular flexibility index (Phi) is 4.45. The smallest absolute Gasteiger partial charge is 0.123 e. The molecule has 0 saturated heterocycles. The van der Waals surface area contributed by atoms with Crippen LogP contribution in [0, 0.1) is 6.92 Å². The van der Waals surface area contributed by atoms with Crippen molar-refractivity contribution in [2.75, 3.05) is 7.11 Å². The van der Waals surface area contributed by atoms with Crippen LogP contribution in [-0.2, 0) is 6.42 Å². The molecule has 2 rings (SSSR count). The summed E-state index contributed by atoms with van der Waals surface area (Å²) < 4.78 is 7.35.